The van der Waals surface area contributed by atoms with Crippen molar-refractivity contribution in [2.24, 2.45) is 5.73 Å². The molecule has 1 aliphatic heterocycles. The van der Waals surface area contributed by atoms with Gasteiger partial charge >= 0.3 is 0 Å². The summed E-state index contributed by atoms with van der Waals surface area (Å²) in [6, 6.07) is 19.3. The lowest BCUT2D eigenvalue weighted by molar-refractivity contribution is -0.140. The molecule has 1 aliphatic rings. The highest BCUT2D eigenvalue weighted by Crippen LogP contribution is 2.28. The van der Waals surface area contributed by atoms with Crippen LogP contribution in [0.1, 0.15) is 24.0 Å². The quantitative estimate of drug-likeness (QED) is 0.787. The largest absolute Gasteiger partial charge is 0.357 e. The number of hydrogen-bond acceptors (Lipinski definition) is 3. The fraction of sp³-hybridized carbons (Fsp3) is 0.364. The number of nitrogens with two attached hydrogens (primary N) is 1. The summed E-state index contributed by atoms with van der Waals surface area (Å²) in [4.78, 5) is 27.3. The molecule has 2 atom stereocenters. The van der Waals surface area contributed by atoms with E-state index in [2.05, 4.69) is 5.32 Å². The van der Waals surface area contributed by atoms with Crippen LogP contribution in [0, 0.1) is 0 Å². The SMILES string of the molecule is CNC(=O)[C@H](Cc1ccccc1)N1CC[C@@](N)(CCc2ccccc2)C1=O. The predicted molar refractivity (Wildman–Crippen MR) is 106 cm³/mol. The zero-order valence-electron chi connectivity index (χ0n) is 15.7. The third-order valence-corrected chi connectivity index (χ3v) is 5.39. The van der Waals surface area contributed by atoms with Crippen LogP contribution in [0.3, 0.4) is 0 Å². The minimum Gasteiger partial charge on any atom is -0.357 e. The van der Waals surface area contributed by atoms with Gasteiger partial charge in [0.1, 0.15) is 6.04 Å². The highest BCUT2D eigenvalue weighted by Gasteiger charge is 2.46. The molecule has 1 heterocycles. The molecule has 3 rings (SSSR count). The normalized spacial score (nSPS) is 20.5. The lowest BCUT2D eigenvalue weighted by Gasteiger charge is -2.29. The third kappa shape index (κ3) is 4.37. The molecule has 0 unspecified atom stereocenters. The van der Waals surface area contributed by atoms with Gasteiger partial charge in [-0.15, -0.1) is 0 Å². The number of nitrogens with zero attached hydrogens (tertiary/aromatic N) is 1. The van der Waals surface area contributed by atoms with E-state index in [4.69, 9.17) is 5.73 Å². The maximum Gasteiger partial charge on any atom is 0.243 e. The first-order chi connectivity index (χ1) is 13.0. The van der Waals surface area contributed by atoms with E-state index in [1.807, 2.05) is 60.7 Å². The smallest absolute Gasteiger partial charge is 0.243 e. The van der Waals surface area contributed by atoms with E-state index in [0.717, 1.165) is 12.0 Å². The lowest BCUT2D eigenvalue weighted by Crippen LogP contribution is -2.54. The number of hydrogen-bond donors (Lipinski definition) is 2. The number of carbonyl (C=O) groups is 2. The van der Waals surface area contributed by atoms with Crippen LogP contribution in [0.4, 0.5) is 0 Å². The monoisotopic (exact) mass is 365 g/mol. The molecule has 142 valence electrons. The summed E-state index contributed by atoms with van der Waals surface area (Å²) < 4.78 is 0. The molecule has 1 saturated heterocycles. The highest BCUT2D eigenvalue weighted by atomic mass is 16.2. The van der Waals surface area contributed by atoms with Gasteiger partial charge in [0.15, 0.2) is 0 Å². The Hall–Kier alpha value is -2.66. The standard InChI is InChI=1S/C22H27N3O2/c1-24-20(26)19(16-18-10-6-3-7-11-18)25-15-14-22(23,21(25)27)13-12-17-8-4-2-5-9-17/h2-11,19H,12-16,23H2,1H3,(H,24,26)/t19-,22-/m0/s1. The summed E-state index contributed by atoms with van der Waals surface area (Å²) in [6.07, 6.45) is 2.39. The van der Waals surface area contributed by atoms with Crippen LogP contribution < -0.4 is 11.1 Å². The molecule has 27 heavy (non-hydrogen) atoms. The first kappa shape index (κ1) is 19.1. The van der Waals surface area contributed by atoms with Crippen LogP contribution in [0.5, 0.6) is 0 Å². The van der Waals surface area contributed by atoms with Gasteiger partial charge in [0.05, 0.1) is 5.54 Å². The summed E-state index contributed by atoms with van der Waals surface area (Å²) in [5.74, 6) is -0.275. The second-order valence-corrected chi connectivity index (χ2v) is 7.21. The van der Waals surface area contributed by atoms with E-state index < -0.39 is 11.6 Å². The van der Waals surface area contributed by atoms with Crippen molar-refractivity contribution < 1.29 is 9.59 Å². The number of rotatable bonds is 7. The van der Waals surface area contributed by atoms with Gasteiger partial charge in [0.2, 0.25) is 11.8 Å². The topological polar surface area (TPSA) is 75.4 Å². The molecular formula is C22H27N3O2. The van der Waals surface area contributed by atoms with Crippen LogP contribution in [0.15, 0.2) is 60.7 Å². The molecule has 2 amide bonds. The van der Waals surface area contributed by atoms with E-state index in [9.17, 15) is 9.59 Å². The minimum atomic E-state index is -0.904. The van der Waals surface area contributed by atoms with Crippen LogP contribution in [-0.2, 0) is 22.4 Å². The highest BCUT2D eigenvalue weighted by molar-refractivity contribution is 5.93. The number of carbonyl (C=O) groups excluding carboxylic acids is 2. The zero-order chi connectivity index (χ0) is 19.3. The maximum atomic E-state index is 13.1. The van der Waals surface area contributed by atoms with E-state index in [1.165, 1.54) is 5.56 Å². The maximum absolute atomic E-state index is 13.1. The Labute approximate surface area is 160 Å². The molecule has 2 aromatic carbocycles. The number of aryl methyl sites for hydroxylation is 1. The second-order valence-electron chi connectivity index (χ2n) is 7.21. The molecule has 0 radical (unpaired) electrons. The molecule has 5 nitrogen and oxygen atoms in total. The molecular weight excluding hydrogens is 338 g/mol. The third-order valence-electron chi connectivity index (χ3n) is 5.39. The number of benzene rings is 2. The number of amides is 2. The Kier molecular flexibility index (Phi) is 5.91. The van der Waals surface area contributed by atoms with Gasteiger partial charge in [-0.05, 0) is 30.4 Å². The van der Waals surface area contributed by atoms with Crippen molar-refractivity contribution >= 4 is 11.8 Å². The number of likely N-dealkylation sites (tertiary alicyclic amines) is 1. The summed E-state index contributed by atoms with van der Waals surface area (Å²) >= 11 is 0. The van der Waals surface area contributed by atoms with Gasteiger partial charge in [0, 0.05) is 20.0 Å². The number of likely N-dealkylation sites (N-methyl/N-ethyl adjacent to an activating group) is 1. The molecule has 0 aromatic heterocycles. The molecule has 1 fully saturated rings. The predicted octanol–water partition coefficient (Wildman–Crippen LogP) is 1.91. The van der Waals surface area contributed by atoms with Gasteiger partial charge in [-0.1, -0.05) is 60.7 Å². The summed E-state index contributed by atoms with van der Waals surface area (Å²) in [6.45, 7) is 0.509. The Balaban J connectivity index is 1.72. The van der Waals surface area contributed by atoms with E-state index >= 15 is 0 Å². The van der Waals surface area contributed by atoms with Crippen molar-refractivity contribution in [1.82, 2.24) is 10.2 Å². The van der Waals surface area contributed by atoms with Crippen molar-refractivity contribution in [3.05, 3.63) is 71.8 Å². The second kappa shape index (κ2) is 8.35. The molecule has 0 bridgehead atoms. The fourth-order valence-electron chi connectivity index (χ4n) is 3.70. The molecule has 0 aliphatic carbocycles. The Bertz CT molecular complexity index is 779. The van der Waals surface area contributed by atoms with E-state index in [-0.39, 0.29) is 11.8 Å². The molecule has 5 heteroatoms. The van der Waals surface area contributed by atoms with Crippen LogP contribution >= 0.6 is 0 Å². The van der Waals surface area contributed by atoms with Crippen molar-refractivity contribution in [2.75, 3.05) is 13.6 Å². The van der Waals surface area contributed by atoms with Crippen LogP contribution in [-0.4, -0.2) is 41.9 Å². The van der Waals surface area contributed by atoms with Crippen LogP contribution in [0.25, 0.3) is 0 Å². The average Bonchev–Trinajstić information content (AvgIpc) is 3.01. The Morgan fingerprint density at radius 3 is 2.30 bits per heavy atom. The van der Waals surface area contributed by atoms with Crippen molar-refractivity contribution in [1.29, 1.82) is 0 Å². The number of nitrogens with one attached hydrogen (secondary N) is 1. The summed E-state index contributed by atoms with van der Waals surface area (Å²) in [5.41, 5.74) is 7.78. The Morgan fingerprint density at radius 2 is 1.70 bits per heavy atom. The van der Waals surface area contributed by atoms with Gasteiger partial charge in [-0.25, -0.2) is 0 Å². The van der Waals surface area contributed by atoms with Gasteiger partial charge < -0.3 is 16.0 Å². The fourth-order valence-corrected chi connectivity index (χ4v) is 3.70. The van der Waals surface area contributed by atoms with Gasteiger partial charge in [-0.2, -0.15) is 0 Å². The zero-order valence-corrected chi connectivity index (χ0v) is 15.7. The molecule has 2 aromatic rings. The molecule has 0 saturated carbocycles. The minimum absolute atomic E-state index is 0.122. The van der Waals surface area contributed by atoms with Crippen molar-refractivity contribution in [3.63, 3.8) is 0 Å². The lowest BCUT2D eigenvalue weighted by atomic mass is 9.90. The first-order valence-electron chi connectivity index (χ1n) is 9.43. The summed E-state index contributed by atoms with van der Waals surface area (Å²) in [5, 5.41) is 2.69. The molecule has 0 spiro atoms. The molecule has 3 N–H and O–H groups in total. The van der Waals surface area contributed by atoms with Crippen LogP contribution in [0.2, 0.25) is 0 Å². The first-order valence-corrected chi connectivity index (χ1v) is 9.43. The van der Waals surface area contributed by atoms with Gasteiger partial charge in [-0.3, -0.25) is 9.59 Å². The van der Waals surface area contributed by atoms with E-state index in [1.54, 1.807) is 11.9 Å². The summed E-state index contributed by atoms with van der Waals surface area (Å²) in [7, 11) is 1.60. The van der Waals surface area contributed by atoms with Crippen molar-refractivity contribution in [2.45, 2.75) is 37.3 Å². The van der Waals surface area contributed by atoms with Gasteiger partial charge in [0.25, 0.3) is 0 Å². The Morgan fingerprint density at radius 1 is 1.11 bits per heavy atom. The average molecular weight is 365 g/mol. The van der Waals surface area contributed by atoms with E-state index in [0.29, 0.717) is 25.8 Å². The van der Waals surface area contributed by atoms with Crippen molar-refractivity contribution in [3.8, 4) is 0 Å².